The number of aliphatic hydroxyl groups is 1. The van der Waals surface area contributed by atoms with E-state index in [2.05, 4.69) is 0 Å². The fourth-order valence-electron chi connectivity index (χ4n) is 2.44. The second kappa shape index (κ2) is 8.18. The van der Waals surface area contributed by atoms with Crippen LogP contribution < -0.4 is 4.74 Å². The Bertz CT molecular complexity index is 705. The van der Waals surface area contributed by atoms with Crippen LogP contribution in [-0.4, -0.2) is 29.1 Å². The Morgan fingerprint density at radius 3 is 2.58 bits per heavy atom. The molecule has 0 aliphatic rings. The van der Waals surface area contributed by atoms with Crippen molar-refractivity contribution in [2.24, 2.45) is 0 Å². The Balaban J connectivity index is 2.06. The summed E-state index contributed by atoms with van der Waals surface area (Å²) in [4.78, 5) is 14.3. The van der Waals surface area contributed by atoms with Crippen LogP contribution in [0.3, 0.4) is 0 Å². The Morgan fingerprint density at radius 1 is 1.21 bits per heavy atom. The van der Waals surface area contributed by atoms with Gasteiger partial charge in [-0.05, 0) is 49.2 Å². The van der Waals surface area contributed by atoms with Crippen LogP contribution >= 0.6 is 11.6 Å². The molecule has 2 rings (SSSR count). The lowest BCUT2D eigenvalue weighted by atomic mass is 10.1. The maximum atomic E-state index is 12.6. The number of ether oxygens (including phenoxy) is 1. The predicted molar refractivity (Wildman–Crippen MR) is 95.1 cm³/mol. The molecule has 2 aromatic carbocycles. The molecule has 128 valence electrons. The lowest BCUT2D eigenvalue weighted by Crippen LogP contribution is -2.39. The first-order valence-corrected chi connectivity index (χ1v) is 8.18. The summed E-state index contributed by atoms with van der Waals surface area (Å²) < 4.78 is 5.72. The number of likely N-dealkylation sites (N-methyl/N-ethyl adjacent to an activating group) is 1. The van der Waals surface area contributed by atoms with Crippen molar-refractivity contribution in [1.29, 1.82) is 0 Å². The highest BCUT2D eigenvalue weighted by atomic mass is 35.5. The summed E-state index contributed by atoms with van der Waals surface area (Å²) in [5.74, 6) is 0.433. The van der Waals surface area contributed by atoms with Gasteiger partial charge in [-0.1, -0.05) is 35.9 Å². The predicted octanol–water partition coefficient (Wildman–Crippen LogP) is 3.82. The van der Waals surface area contributed by atoms with Crippen molar-refractivity contribution in [2.75, 3.05) is 7.05 Å². The van der Waals surface area contributed by atoms with Crippen molar-refractivity contribution in [2.45, 2.75) is 32.6 Å². The van der Waals surface area contributed by atoms with Crippen LogP contribution in [0, 0.1) is 0 Å². The molecule has 2 unspecified atom stereocenters. The first-order valence-electron chi connectivity index (χ1n) is 7.81. The van der Waals surface area contributed by atoms with Gasteiger partial charge in [-0.25, -0.2) is 0 Å². The Labute approximate surface area is 147 Å². The minimum absolute atomic E-state index is 0.0643. The molecule has 0 spiro atoms. The standard InChI is InChI=1S/C19H22ClNO3/c1-13(16-7-5-8-17(20)11-16)21(3)19(23)14(2)24-18-9-4-6-15(10-18)12-22/h4-11,13-14,22H,12H2,1-3H3. The van der Waals surface area contributed by atoms with Gasteiger partial charge in [0.2, 0.25) is 0 Å². The van der Waals surface area contributed by atoms with Gasteiger partial charge in [-0.3, -0.25) is 4.79 Å². The van der Waals surface area contributed by atoms with Crippen molar-refractivity contribution in [3.63, 3.8) is 0 Å². The molecule has 24 heavy (non-hydrogen) atoms. The number of aliphatic hydroxyl groups excluding tert-OH is 1. The Kier molecular flexibility index (Phi) is 6.23. The van der Waals surface area contributed by atoms with Gasteiger partial charge in [-0.15, -0.1) is 0 Å². The fraction of sp³-hybridized carbons (Fsp3) is 0.316. The lowest BCUT2D eigenvalue weighted by molar-refractivity contribution is -0.138. The maximum absolute atomic E-state index is 12.6. The van der Waals surface area contributed by atoms with Crippen molar-refractivity contribution in [3.8, 4) is 5.75 Å². The van der Waals surface area contributed by atoms with Crippen LogP contribution in [0.5, 0.6) is 5.75 Å². The van der Waals surface area contributed by atoms with Gasteiger partial charge in [0.05, 0.1) is 12.6 Å². The summed E-state index contributed by atoms with van der Waals surface area (Å²) in [5, 5.41) is 9.82. The maximum Gasteiger partial charge on any atom is 0.263 e. The third kappa shape index (κ3) is 4.49. The van der Waals surface area contributed by atoms with Crippen LogP contribution in [0.25, 0.3) is 0 Å². The van der Waals surface area contributed by atoms with E-state index in [-0.39, 0.29) is 18.6 Å². The number of rotatable bonds is 6. The molecule has 0 heterocycles. The average molecular weight is 348 g/mol. The summed E-state index contributed by atoms with van der Waals surface area (Å²) in [6, 6.07) is 14.4. The van der Waals surface area contributed by atoms with Gasteiger partial charge in [0.25, 0.3) is 5.91 Å². The van der Waals surface area contributed by atoms with Crippen LogP contribution in [0.2, 0.25) is 5.02 Å². The van der Waals surface area contributed by atoms with E-state index >= 15 is 0 Å². The number of hydrogen-bond donors (Lipinski definition) is 1. The van der Waals surface area contributed by atoms with Crippen LogP contribution in [-0.2, 0) is 11.4 Å². The molecular formula is C19H22ClNO3. The van der Waals surface area contributed by atoms with Gasteiger partial charge in [0, 0.05) is 12.1 Å². The van der Waals surface area contributed by atoms with Crippen molar-refractivity contribution < 1.29 is 14.6 Å². The second-order valence-electron chi connectivity index (χ2n) is 5.75. The number of amides is 1. The van der Waals surface area contributed by atoms with Crippen molar-refractivity contribution in [3.05, 3.63) is 64.7 Å². The van der Waals surface area contributed by atoms with Crippen LogP contribution in [0.4, 0.5) is 0 Å². The highest BCUT2D eigenvalue weighted by Gasteiger charge is 2.24. The summed E-state index contributed by atoms with van der Waals surface area (Å²) in [6.07, 6.45) is -0.634. The smallest absolute Gasteiger partial charge is 0.263 e. The topological polar surface area (TPSA) is 49.8 Å². The van der Waals surface area contributed by atoms with Gasteiger partial charge in [-0.2, -0.15) is 0 Å². The van der Waals surface area contributed by atoms with E-state index < -0.39 is 6.10 Å². The molecule has 5 heteroatoms. The average Bonchev–Trinajstić information content (AvgIpc) is 2.59. The summed E-state index contributed by atoms with van der Waals surface area (Å²) in [6.45, 7) is 3.60. The Hall–Kier alpha value is -2.04. The lowest BCUT2D eigenvalue weighted by Gasteiger charge is -2.28. The quantitative estimate of drug-likeness (QED) is 0.864. The van der Waals surface area contributed by atoms with E-state index in [0.29, 0.717) is 10.8 Å². The van der Waals surface area contributed by atoms with Crippen molar-refractivity contribution >= 4 is 17.5 Å². The molecule has 4 nitrogen and oxygen atoms in total. The zero-order valence-corrected chi connectivity index (χ0v) is 14.8. The third-order valence-electron chi connectivity index (χ3n) is 4.00. The first kappa shape index (κ1) is 18.3. The number of carbonyl (C=O) groups excluding carboxylic acids is 1. The van der Waals surface area contributed by atoms with Gasteiger partial charge >= 0.3 is 0 Å². The molecule has 0 saturated carbocycles. The van der Waals surface area contributed by atoms with E-state index in [1.165, 1.54) is 0 Å². The minimum Gasteiger partial charge on any atom is -0.481 e. The van der Waals surface area contributed by atoms with E-state index in [1.54, 1.807) is 49.2 Å². The molecule has 1 amide bonds. The van der Waals surface area contributed by atoms with Gasteiger partial charge in [0.15, 0.2) is 6.10 Å². The van der Waals surface area contributed by atoms with Gasteiger partial charge in [0.1, 0.15) is 5.75 Å². The first-order chi connectivity index (χ1) is 11.4. The monoisotopic (exact) mass is 347 g/mol. The van der Waals surface area contributed by atoms with E-state index in [4.69, 9.17) is 16.3 Å². The number of halogens is 1. The number of benzene rings is 2. The summed E-state index contributed by atoms with van der Waals surface area (Å²) >= 11 is 6.02. The minimum atomic E-state index is -0.634. The molecule has 0 aliphatic heterocycles. The molecule has 0 aromatic heterocycles. The molecule has 2 aromatic rings. The molecular weight excluding hydrogens is 326 g/mol. The molecule has 0 saturated heterocycles. The van der Waals surface area contributed by atoms with Crippen LogP contribution in [0.15, 0.2) is 48.5 Å². The molecule has 2 atom stereocenters. The van der Waals surface area contributed by atoms with E-state index in [1.807, 2.05) is 25.1 Å². The molecule has 1 N–H and O–H groups in total. The van der Waals surface area contributed by atoms with Crippen molar-refractivity contribution in [1.82, 2.24) is 4.90 Å². The van der Waals surface area contributed by atoms with E-state index in [9.17, 15) is 9.90 Å². The summed E-state index contributed by atoms with van der Waals surface area (Å²) in [7, 11) is 1.75. The molecule has 0 bridgehead atoms. The second-order valence-corrected chi connectivity index (χ2v) is 6.18. The molecule has 0 fully saturated rings. The zero-order valence-electron chi connectivity index (χ0n) is 14.1. The summed E-state index contributed by atoms with van der Waals surface area (Å²) in [5.41, 5.74) is 1.71. The van der Waals surface area contributed by atoms with E-state index in [0.717, 1.165) is 11.1 Å². The molecule has 0 aliphatic carbocycles. The van der Waals surface area contributed by atoms with Crippen LogP contribution in [0.1, 0.15) is 31.0 Å². The molecule has 0 radical (unpaired) electrons. The highest BCUT2D eigenvalue weighted by Crippen LogP contribution is 2.23. The number of hydrogen-bond acceptors (Lipinski definition) is 3. The zero-order chi connectivity index (χ0) is 17.7. The normalized spacial score (nSPS) is 13.2. The third-order valence-corrected chi connectivity index (χ3v) is 4.24. The van der Waals surface area contributed by atoms with Gasteiger partial charge < -0.3 is 14.7 Å². The largest absolute Gasteiger partial charge is 0.481 e. The Morgan fingerprint density at radius 2 is 1.92 bits per heavy atom. The SMILES string of the molecule is CC(Oc1cccc(CO)c1)C(=O)N(C)C(C)c1cccc(Cl)c1. The highest BCUT2D eigenvalue weighted by molar-refractivity contribution is 6.30. The fourth-order valence-corrected chi connectivity index (χ4v) is 2.64. The number of nitrogens with zero attached hydrogens (tertiary/aromatic N) is 1. The number of carbonyl (C=O) groups is 1.